The zero-order valence-electron chi connectivity index (χ0n) is 37.5. The molecule has 12 rings (SSSR count). The Hall–Kier alpha value is -6.78. The van der Waals surface area contributed by atoms with Crippen LogP contribution in [0.3, 0.4) is 0 Å². The zero-order chi connectivity index (χ0) is 45.6. The first-order valence-corrected chi connectivity index (χ1v) is 24.6. The van der Waals surface area contributed by atoms with Gasteiger partial charge in [0, 0.05) is 35.8 Å². The van der Waals surface area contributed by atoms with Gasteiger partial charge < -0.3 is 29.6 Å². The molecule has 0 spiro atoms. The van der Waals surface area contributed by atoms with Crippen molar-refractivity contribution in [2.75, 3.05) is 24.9 Å². The van der Waals surface area contributed by atoms with Crippen LogP contribution in [0.25, 0.3) is 30.7 Å². The Balaban J connectivity index is 0.000000148. The number of anilines is 2. The average Bonchev–Trinajstić information content (AvgIpc) is 4.22. The van der Waals surface area contributed by atoms with Gasteiger partial charge in [-0.2, -0.15) is 19.6 Å². The molecule has 2 amide bonds. The number of nitrogens with one attached hydrogen (secondary N) is 2. The van der Waals surface area contributed by atoms with Crippen LogP contribution in [0.5, 0.6) is 23.0 Å². The number of thiazole rings is 2. The second-order valence-electron chi connectivity index (χ2n) is 17.5. The minimum absolute atomic E-state index is 0.0370. The van der Waals surface area contributed by atoms with Gasteiger partial charge in [-0.15, -0.1) is 0 Å². The lowest BCUT2D eigenvalue weighted by atomic mass is 9.85. The molecule has 2 atom stereocenters. The van der Waals surface area contributed by atoms with Crippen LogP contribution in [0, 0.1) is 6.92 Å². The van der Waals surface area contributed by atoms with Crippen molar-refractivity contribution in [1.29, 1.82) is 0 Å². The summed E-state index contributed by atoms with van der Waals surface area (Å²) in [5.74, 6) is 3.99. The molecule has 342 valence electrons. The molecule has 2 N–H and O–H groups in total. The van der Waals surface area contributed by atoms with Gasteiger partial charge in [0.1, 0.15) is 11.6 Å². The molecule has 6 heterocycles. The van der Waals surface area contributed by atoms with Crippen LogP contribution in [0.1, 0.15) is 104 Å². The Bertz CT molecular complexity index is 3080. The first-order chi connectivity index (χ1) is 32.8. The lowest BCUT2D eigenvalue weighted by Gasteiger charge is -2.25. The predicted octanol–water partition coefficient (Wildman–Crippen LogP) is 10.9. The SMILES string of the molecule is COc1cc(C2CC(=O)Nc3c2c(C)nn3-c2nc3ccccc3s2)ccc1OC1CCCC1.COc1cc(C2CC(=O)Nc3c2cnn3-c2nc3ccccc3s2)ccc1OC1CCCC1. The number of aromatic nitrogens is 6. The molecule has 4 aliphatic rings. The van der Waals surface area contributed by atoms with E-state index in [2.05, 4.69) is 15.7 Å². The highest BCUT2D eigenvalue weighted by molar-refractivity contribution is 7.21. The molecule has 67 heavy (non-hydrogen) atoms. The number of carbonyl (C=O) groups excluding carboxylic acids is 2. The molecule has 2 aliphatic carbocycles. The molecule has 2 saturated carbocycles. The van der Waals surface area contributed by atoms with Gasteiger partial charge in [-0.1, -0.05) is 59.1 Å². The maximum atomic E-state index is 12.8. The van der Waals surface area contributed by atoms with Crippen molar-refractivity contribution in [2.24, 2.45) is 0 Å². The van der Waals surface area contributed by atoms with Crippen molar-refractivity contribution < 1.29 is 28.5 Å². The van der Waals surface area contributed by atoms with Crippen LogP contribution >= 0.6 is 22.7 Å². The molecule has 2 fully saturated rings. The van der Waals surface area contributed by atoms with E-state index < -0.39 is 0 Å². The van der Waals surface area contributed by atoms with E-state index in [9.17, 15) is 9.59 Å². The molecule has 0 radical (unpaired) electrons. The van der Waals surface area contributed by atoms with Crippen molar-refractivity contribution in [3.8, 4) is 33.3 Å². The third kappa shape index (κ3) is 8.37. The van der Waals surface area contributed by atoms with E-state index in [1.165, 1.54) is 25.7 Å². The number of para-hydroxylation sites is 2. The standard InChI is InChI=1S/C26H26N4O3S.C25H24N4O3S/c1-15-24-18(16-11-12-20(21(13-16)32-2)33-17-7-3-4-8-17)14-23(31)28-25(24)30(29-15)26-27-19-9-5-6-10-22(19)34-26;1-31-21-12-15(10-11-20(21)32-16-6-2-3-7-16)17-13-23(30)28-24-18(17)14-26-29(24)25-27-19-8-4-5-9-22(19)33-25/h5-6,9-13,17-18H,3-4,7-8,14H2,1-2H3,(H,28,31);4-5,8-12,14,16-17H,2-3,6-7,13H2,1H3,(H,28,30). The highest BCUT2D eigenvalue weighted by Gasteiger charge is 2.35. The minimum Gasteiger partial charge on any atom is -0.493 e. The van der Waals surface area contributed by atoms with Crippen LogP contribution in [0.2, 0.25) is 0 Å². The predicted molar refractivity (Wildman–Crippen MR) is 260 cm³/mol. The van der Waals surface area contributed by atoms with Crippen molar-refractivity contribution in [1.82, 2.24) is 29.5 Å². The molecule has 0 saturated heterocycles. The number of hydrogen-bond acceptors (Lipinski definition) is 12. The number of rotatable bonds is 10. The molecule has 8 aromatic rings. The van der Waals surface area contributed by atoms with Crippen LogP contribution in [0.4, 0.5) is 11.6 Å². The molecular weight excluding hydrogens is 885 g/mol. The van der Waals surface area contributed by atoms with Crippen molar-refractivity contribution in [3.05, 3.63) is 119 Å². The summed E-state index contributed by atoms with van der Waals surface area (Å²) in [7, 11) is 3.32. The smallest absolute Gasteiger partial charge is 0.226 e. The minimum atomic E-state index is -0.124. The highest BCUT2D eigenvalue weighted by atomic mass is 32.1. The van der Waals surface area contributed by atoms with E-state index >= 15 is 0 Å². The molecule has 4 aromatic heterocycles. The van der Waals surface area contributed by atoms with Crippen molar-refractivity contribution >= 4 is 66.6 Å². The number of hydrogen-bond donors (Lipinski definition) is 2. The average molecular weight is 935 g/mol. The Kier molecular flexibility index (Phi) is 11.6. The molecule has 0 bridgehead atoms. The van der Waals surface area contributed by atoms with Gasteiger partial charge in [0.25, 0.3) is 0 Å². The normalized spacial score (nSPS) is 18.3. The lowest BCUT2D eigenvalue weighted by molar-refractivity contribution is -0.117. The molecule has 14 nitrogen and oxygen atoms in total. The van der Waals surface area contributed by atoms with Gasteiger partial charge in [-0.3, -0.25) is 9.59 Å². The van der Waals surface area contributed by atoms with E-state index in [-0.39, 0.29) is 35.9 Å². The fraction of sp³-hybridized carbons (Fsp3) is 0.333. The Morgan fingerprint density at radius 2 is 1.12 bits per heavy atom. The van der Waals surface area contributed by atoms with E-state index in [0.717, 1.165) is 95.8 Å². The summed E-state index contributed by atoms with van der Waals surface area (Å²) >= 11 is 3.11. The third-order valence-electron chi connectivity index (χ3n) is 13.2. The molecule has 2 aliphatic heterocycles. The molecule has 2 unspecified atom stereocenters. The van der Waals surface area contributed by atoms with Gasteiger partial charge >= 0.3 is 0 Å². The first kappa shape index (κ1) is 42.8. The van der Waals surface area contributed by atoms with Gasteiger partial charge in [0.15, 0.2) is 23.0 Å². The molecule has 4 aromatic carbocycles. The Morgan fingerprint density at radius 3 is 1.67 bits per heavy atom. The van der Waals surface area contributed by atoms with Gasteiger partial charge in [-0.05, 0) is 118 Å². The first-order valence-electron chi connectivity index (χ1n) is 23.0. The van der Waals surface area contributed by atoms with Crippen LogP contribution in [0.15, 0.2) is 91.1 Å². The number of fused-ring (bicyclic) bond motifs is 4. The van der Waals surface area contributed by atoms with E-state index in [4.69, 9.17) is 34.0 Å². The topological polar surface area (TPSA) is 157 Å². The number of amides is 2. The summed E-state index contributed by atoms with van der Waals surface area (Å²) < 4.78 is 29.4. The Labute approximate surface area is 395 Å². The van der Waals surface area contributed by atoms with E-state index in [1.807, 2.05) is 98.0 Å². The number of aryl methyl sites for hydroxylation is 1. The zero-order valence-corrected chi connectivity index (χ0v) is 39.1. The fourth-order valence-corrected chi connectivity index (χ4v) is 11.8. The van der Waals surface area contributed by atoms with Gasteiger partial charge in [0.05, 0.1) is 58.8 Å². The van der Waals surface area contributed by atoms with Gasteiger partial charge in [-0.25, -0.2) is 9.97 Å². The maximum absolute atomic E-state index is 12.8. The number of ether oxygens (including phenoxy) is 4. The third-order valence-corrected chi connectivity index (χ3v) is 15.2. The molecular formula is C51H50N8O6S2. The summed E-state index contributed by atoms with van der Waals surface area (Å²) in [6.45, 7) is 1.99. The van der Waals surface area contributed by atoms with Crippen LogP contribution < -0.4 is 29.6 Å². The summed E-state index contributed by atoms with van der Waals surface area (Å²) in [4.78, 5) is 34.9. The van der Waals surface area contributed by atoms with E-state index in [1.54, 1.807) is 46.3 Å². The van der Waals surface area contributed by atoms with Crippen LogP contribution in [-0.2, 0) is 9.59 Å². The summed E-state index contributed by atoms with van der Waals surface area (Å²) in [5, 5.41) is 16.9. The fourth-order valence-electron chi connectivity index (χ4n) is 9.90. The van der Waals surface area contributed by atoms with Gasteiger partial charge in [0.2, 0.25) is 22.1 Å². The van der Waals surface area contributed by atoms with Crippen molar-refractivity contribution in [3.63, 3.8) is 0 Å². The summed E-state index contributed by atoms with van der Waals surface area (Å²) in [6, 6.07) is 28.0. The Morgan fingerprint density at radius 1 is 0.612 bits per heavy atom. The second-order valence-corrected chi connectivity index (χ2v) is 19.5. The summed E-state index contributed by atoms with van der Waals surface area (Å²) in [5.41, 5.74) is 6.73. The number of carbonyl (C=O) groups is 2. The summed E-state index contributed by atoms with van der Waals surface area (Å²) in [6.07, 6.45) is 12.2. The monoisotopic (exact) mass is 934 g/mol. The number of benzene rings is 4. The van der Waals surface area contributed by atoms with E-state index in [0.29, 0.717) is 36.0 Å². The molecule has 16 heteroatoms. The van der Waals surface area contributed by atoms with Crippen molar-refractivity contribution in [2.45, 2.75) is 95.2 Å². The number of methoxy groups -OCH3 is 2. The quantitative estimate of drug-likeness (QED) is 0.135. The second kappa shape index (κ2) is 18.1. The maximum Gasteiger partial charge on any atom is 0.226 e. The van der Waals surface area contributed by atoms with Crippen LogP contribution in [-0.4, -0.2) is 67.8 Å². The highest BCUT2D eigenvalue weighted by Crippen LogP contribution is 2.45. The largest absolute Gasteiger partial charge is 0.493 e. The number of nitrogens with zero attached hydrogens (tertiary/aromatic N) is 6. The lowest BCUT2D eigenvalue weighted by Crippen LogP contribution is -2.25.